The summed E-state index contributed by atoms with van der Waals surface area (Å²) in [5, 5.41) is 23.6. The zero-order valence-electron chi connectivity index (χ0n) is 26.0. The van der Waals surface area contributed by atoms with Gasteiger partial charge in [-0.25, -0.2) is 14.8 Å². The number of nitrogens with zero attached hydrogens (tertiary/aromatic N) is 3. The molecule has 6 aromatic rings. The Hall–Kier alpha value is -5.76. The first-order valence-corrected chi connectivity index (χ1v) is 15.5. The van der Waals surface area contributed by atoms with E-state index in [-0.39, 0.29) is 12.1 Å². The van der Waals surface area contributed by atoms with E-state index >= 15 is 0 Å². The summed E-state index contributed by atoms with van der Waals surface area (Å²) in [6.45, 7) is 2.82. The van der Waals surface area contributed by atoms with Gasteiger partial charge >= 0.3 is 5.97 Å². The average Bonchev–Trinajstić information content (AvgIpc) is 3.11. The first kappa shape index (κ1) is 31.2. The molecule has 0 amide bonds. The lowest BCUT2D eigenvalue weighted by molar-refractivity contribution is -0.129. The first-order valence-electron chi connectivity index (χ1n) is 15.5. The number of carboxylic acids is 1. The molecule has 0 aliphatic heterocycles. The Morgan fingerprint density at radius 1 is 0.681 bits per heavy atom. The van der Waals surface area contributed by atoms with E-state index in [2.05, 4.69) is 12.1 Å². The summed E-state index contributed by atoms with van der Waals surface area (Å²) >= 11 is 0. The third-order valence-electron chi connectivity index (χ3n) is 8.53. The van der Waals surface area contributed by atoms with Crippen molar-refractivity contribution in [1.82, 2.24) is 9.97 Å². The minimum absolute atomic E-state index is 0.140. The number of para-hydroxylation sites is 2. The molecule has 236 valence electrons. The Morgan fingerprint density at radius 3 is 1.60 bits per heavy atom. The van der Waals surface area contributed by atoms with Gasteiger partial charge < -0.3 is 19.8 Å². The first-order chi connectivity index (χ1) is 22.9. The summed E-state index contributed by atoms with van der Waals surface area (Å²) in [6.07, 6.45) is 1.25. The maximum atomic E-state index is 11.4. The van der Waals surface area contributed by atoms with E-state index in [4.69, 9.17) is 24.6 Å². The van der Waals surface area contributed by atoms with Crippen molar-refractivity contribution in [2.24, 2.45) is 5.16 Å². The highest BCUT2D eigenvalue weighted by molar-refractivity contribution is 6.35. The number of carbonyl (C=O) groups is 1. The molecule has 8 nitrogen and oxygen atoms in total. The second-order valence-corrected chi connectivity index (χ2v) is 11.7. The minimum atomic E-state index is -1.22. The molecule has 2 N–H and O–H groups in total. The van der Waals surface area contributed by atoms with Crippen molar-refractivity contribution in [2.45, 2.75) is 44.8 Å². The Balaban J connectivity index is 1.17. The maximum Gasteiger partial charge on any atom is 0.353 e. The molecule has 0 radical (unpaired) electrons. The molecule has 6 rings (SSSR count). The highest BCUT2D eigenvalue weighted by Crippen LogP contribution is 2.38. The molecule has 0 saturated heterocycles. The molecule has 4 aromatic carbocycles. The molecule has 0 aliphatic rings. The van der Waals surface area contributed by atoms with Crippen molar-refractivity contribution < 1.29 is 24.6 Å². The molecule has 8 heteroatoms. The van der Waals surface area contributed by atoms with Crippen LogP contribution in [-0.2, 0) is 23.4 Å². The Labute approximate surface area is 273 Å². The van der Waals surface area contributed by atoms with Gasteiger partial charge in [0.15, 0.2) is 5.71 Å². The topological polar surface area (TPSA) is 114 Å². The number of rotatable bonds is 13. The zero-order valence-corrected chi connectivity index (χ0v) is 26.0. The molecule has 0 atom stereocenters. The van der Waals surface area contributed by atoms with E-state index in [1.54, 1.807) is 0 Å². The van der Waals surface area contributed by atoms with Crippen LogP contribution in [0, 0.1) is 0 Å². The van der Waals surface area contributed by atoms with Gasteiger partial charge in [-0.3, -0.25) is 0 Å². The summed E-state index contributed by atoms with van der Waals surface area (Å²) in [4.78, 5) is 20.8. The number of hydrogen-bond acceptors (Lipinski definition) is 7. The van der Waals surface area contributed by atoms with Crippen molar-refractivity contribution in [3.05, 3.63) is 144 Å². The largest absolute Gasteiger partial charge is 0.487 e. The van der Waals surface area contributed by atoms with Crippen molar-refractivity contribution in [2.75, 3.05) is 0 Å². The van der Waals surface area contributed by atoms with Crippen LogP contribution in [0.3, 0.4) is 0 Å². The zero-order chi connectivity index (χ0) is 32.6. The Bertz CT molecular complexity index is 1900. The fourth-order valence-corrected chi connectivity index (χ4v) is 5.79. The van der Waals surface area contributed by atoms with Gasteiger partial charge in [0.25, 0.3) is 0 Å². The predicted molar refractivity (Wildman–Crippen MR) is 182 cm³/mol. The van der Waals surface area contributed by atoms with E-state index in [0.29, 0.717) is 26.1 Å². The monoisotopic (exact) mass is 625 g/mol. The molecule has 2 aromatic heterocycles. The van der Waals surface area contributed by atoms with Crippen molar-refractivity contribution in [3.63, 3.8) is 0 Å². The molecular weight excluding hydrogens is 590 g/mol. The molecule has 2 heterocycles. The van der Waals surface area contributed by atoms with Gasteiger partial charge in [-0.1, -0.05) is 84.9 Å². The SMILES string of the molecule is CC(CCCC(=NO)C(=O)O)(c1ccc(OCc2ccc3ccccc3n2)cc1)c1ccc(OCc2ccc3ccccc3n2)cc1. The number of fused-ring (bicyclic) bond motifs is 2. The smallest absolute Gasteiger partial charge is 0.353 e. The van der Waals surface area contributed by atoms with Crippen LogP contribution in [0.2, 0.25) is 0 Å². The lowest BCUT2D eigenvalue weighted by Crippen LogP contribution is -2.24. The Kier molecular flexibility index (Phi) is 9.38. The number of oxime groups is 1. The van der Waals surface area contributed by atoms with Gasteiger partial charge in [0, 0.05) is 22.6 Å². The molecule has 0 saturated carbocycles. The fourth-order valence-electron chi connectivity index (χ4n) is 5.79. The summed E-state index contributed by atoms with van der Waals surface area (Å²) < 4.78 is 12.2. The summed E-state index contributed by atoms with van der Waals surface area (Å²) in [5.41, 5.74) is 4.89. The van der Waals surface area contributed by atoms with Crippen LogP contribution in [0.1, 0.15) is 48.7 Å². The number of benzene rings is 4. The van der Waals surface area contributed by atoms with Crippen LogP contribution in [0.5, 0.6) is 11.5 Å². The lowest BCUT2D eigenvalue weighted by atomic mass is 9.72. The standard InChI is InChI=1S/C39H35N3O5/c1-39(24-6-11-37(42-45)38(43)44,29-14-20-33(21-15-29)46-25-31-18-12-27-7-2-4-9-35(27)40-31)30-16-22-34(23-17-30)47-26-32-19-13-28-8-3-5-10-36(28)41-32/h2-5,7-10,12-23,45H,6,11,24-26H2,1H3,(H,43,44). The molecule has 0 spiro atoms. The number of aliphatic carboxylic acids is 1. The van der Waals surface area contributed by atoms with E-state index in [1.807, 2.05) is 121 Å². The number of carboxylic acid groups (broad SMARTS) is 1. The maximum absolute atomic E-state index is 11.4. The van der Waals surface area contributed by atoms with E-state index in [1.165, 1.54) is 0 Å². The quantitative estimate of drug-likeness (QED) is 0.0753. The lowest BCUT2D eigenvalue weighted by Gasteiger charge is -2.31. The highest BCUT2D eigenvalue weighted by atomic mass is 16.5. The van der Waals surface area contributed by atoms with Crippen LogP contribution in [-0.4, -0.2) is 32.0 Å². The fraction of sp³-hybridized carbons (Fsp3) is 0.179. The summed E-state index contributed by atoms with van der Waals surface area (Å²) in [6, 6.07) is 39.9. The van der Waals surface area contributed by atoms with E-state index in [0.717, 1.165) is 55.8 Å². The third-order valence-corrected chi connectivity index (χ3v) is 8.53. The van der Waals surface area contributed by atoms with Gasteiger partial charge in [0.2, 0.25) is 0 Å². The number of hydrogen-bond donors (Lipinski definition) is 2. The molecule has 47 heavy (non-hydrogen) atoms. The minimum Gasteiger partial charge on any atom is -0.487 e. The van der Waals surface area contributed by atoms with Crippen LogP contribution in [0.15, 0.2) is 126 Å². The van der Waals surface area contributed by atoms with Crippen LogP contribution in [0.25, 0.3) is 21.8 Å². The number of aromatic nitrogens is 2. The molecule has 0 unspecified atom stereocenters. The van der Waals surface area contributed by atoms with Crippen LogP contribution < -0.4 is 9.47 Å². The van der Waals surface area contributed by atoms with Gasteiger partial charge in [-0.2, -0.15) is 0 Å². The number of ether oxygens (including phenoxy) is 2. The van der Waals surface area contributed by atoms with Gasteiger partial charge in [0.1, 0.15) is 24.7 Å². The van der Waals surface area contributed by atoms with Gasteiger partial charge in [-0.05, 0) is 72.5 Å². The highest BCUT2D eigenvalue weighted by Gasteiger charge is 2.29. The third kappa shape index (κ3) is 7.39. The average molecular weight is 626 g/mol. The van der Waals surface area contributed by atoms with Gasteiger partial charge in [-0.15, -0.1) is 0 Å². The van der Waals surface area contributed by atoms with Gasteiger partial charge in [0.05, 0.1) is 22.4 Å². The second-order valence-electron chi connectivity index (χ2n) is 11.7. The van der Waals surface area contributed by atoms with Crippen molar-refractivity contribution in [3.8, 4) is 11.5 Å². The normalized spacial score (nSPS) is 11.9. The predicted octanol–water partition coefficient (Wildman–Crippen LogP) is 8.33. The van der Waals surface area contributed by atoms with E-state index in [9.17, 15) is 9.90 Å². The number of pyridine rings is 2. The molecular formula is C39H35N3O5. The molecule has 0 fully saturated rings. The molecule has 0 bridgehead atoms. The van der Waals surface area contributed by atoms with E-state index < -0.39 is 11.4 Å². The van der Waals surface area contributed by atoms with Crippen LogP contribution >= 0.6 is 0 Å². The summed E-state index contributed by atoms with van der Waals surface area (Å²) in [5.74, 6) is 0.217. The molecule has 0 aliphatic carbocycles. The van der Waals surface area contributed by atoms with Crippen LogP contribution in [0.4, 0.5) is 0 Å². The Morgan fingerprint density at radius 2 is 1.15 bits per heavy atom. The second kappa shape index (κ2) is 14.1. The summed E-state index contributed by atoms with van der Waals surface area (Å²) in [7, 11) is 0. The van der Waals surface area contributed by atoms with Crippen molar-refractivity contribution >= 4 is 33.5 Å². The van der Waals surface area contributed by atoms with Crippen molar-refractivity contribution in [1.29, 1.82) is 0 Å².